The Balaban J connectivity index is 1.74. The number of halogens is 4. The number of rotatable bonds is 8. The maximum Gasteiger partial charge on any atom is 0.180 e. The molecule has 0 atom stereocenters. The monoisotopic (exact) mass is 513 g/mol. The number of hydrogen-bond acceptors (Lipinski definition) is 3. The zero-order chi connectivity index (χ0) is 20.8. The van der Waals surface area contributed by atoms with Crippen molar-refractivity contribution < 1.29 is 9.47 Å². The predicted molar refractivity (Wildman–Crippen MR) is 125 cm³/mol. The van der Waals surface area contributed by atoms with Gasteiger partial charge in [-0.2, -0.15) is 0 Å². The third-order valence-corrected chi connectivity index (χ3v) is 5.85. The molecule has 0 fully saturated rings. The quantitative estimate of drug-likeness (QED) is 0.330. The Morgan fingerprint density at radius 3 is 2.31 bits per heavy atom. The van der Waals surface area contributed by atoms with Crippen LogP contribution in [0.1, 0.15) is 18.1 Å². The number of benzene rings is 3. The van der Waals surface area contributed by atoms with Gasteiger partial charge in [0.15, 0.2) is 11.5 Å². The van der Waals surface area contributed by atoms with Gasteiger partial charge < -0.3 is 14.8 Å². The molecule has 152 valence electrons. The van der Waals surface area contributed by atoms with Crippen LogP contribution >= 0.6 is 50.7 Å². The Bertz CT molecular complexity index is 981. The minimum atomic E-state index is 0.367. The van der Waals surface area contributed by atoms with Crippen LogP contribution in [0.25, 0.3) is 0 Å². The average molecular weight is 516 g/mol. The van der Waals surface area contributed by atoms with Crippen molar-refractivity contribution in [2.45, 2.75) is 20.1 Å². The Labute approximate surface area is 194 Å². The fourth-order valence-electron chi connectivity index (χ4n) is 2.67. The van der Waals surface area contributed by atoms with Crippen LogP contribution in [0, 0.1) is 0 Å². The summed E-state index contributed by atoms with van der Waals surface area (Å²) in [5, 5.41) is 5.16. The number of hydrogen-bond donors (Lipinski definition) is 1. The van der Waals surface area contributed by atoms with Crippen LogP contribution in [0.2, 0.25) is 15.1 Å². The van der Waals surface area contributed by atoms with Crippen molar-refractivity contribution in [1.29, 1.82) is 0 Å². The minimum Gasteiger partial charge on any atom is -0.490 e. The molecule has 0 radical (unpaired) electrons. The Morgan fingerprint density at radius 1 is 0.862 bits per heavy atom. The summed E-state index contributed by atoms with van der Waals surface area (Å²) in [6.45, 7) is 3.36. The summed E-state index contributed by atoms with van der Waals surface area (Å²) in [4.78, 5) is 0. The third-order valence-electron chi connectivity index (χ3n) is 4.08. The largest absolute Gasteiger partial charge is 0.490 e. The number of nitrogens with one attached hydrogen (secondary N) is 1. The number of anilines is 1. The van der Waals surface area contributed by atoms with E-state index in [1.54, 1.807) is 0 Å². The van der Waals surface area contributed by atoms with Crippen LogP contribution in [0.5, 0.6) is 11.5 Å². The normalized spacial score (nSPS) is 10.7. The molecule has 0 aliphatic carbocycles. The van der Waals surface area contributed by atoms with Crippen LogP contribution in [-0.2, 0) is 13.2 Å². The molecular formula is C22H19BrCl3NO2. The summed E-state index contributed by atoms with van der Waals surface area (Å²) in [5.74, 6) is 1.14. The highest BCUT2D eigenvalue weighted by atomic mass is 79.9. The third kappa shape index (κ3) is 6.19. The molecule has 0 saturated carbocycles. The lowest BCUT2D eigenvalue weighted by Gasteiger charge is -2.16. The Kier molecular flexibility index (Phi) is 7.96. The second-order valence-electron chi connectivity index (χ2n) is 6.24. The molecule has 0 spiro atoms. The first-order valence-electron chi connectivity index (χ1n) is 8.97. The molecule has 0 aliphatic heterocycles. The zero-order valence-corrected chi connectivity index (χ0v) is 19.5. The molecule has 1 N–H and O–H groups in total. The van der Waals surface area contributed by atoms with Crippen molar-refractivity contribution >= 4 is 56.4 Å². The first-order valence-corrected chi connectivity index (χ1v) is 10.9. The highest BCUT2D eigenvalue weighted by Crippen LogP contribution is 2.37. The van der Waals surface area contributed by atoms with E-state index in [0.29, 0.717) is 46.3 Å². The first-order chi connectivity index (χ1) is 14.0. The summed E-state index contributed by atoms with van der Waals surface area (Å²) in [7, 11) is 0. The Morgan fingerprint density at radius 2 is 1.62 bits per heavy atom. The van der Waals surface area contributed by atoms with Gasteiger partial charge in [0.2, 0.25) is 0 Å². The lowest BCUT2D eigenvalue weighted by molar-refractivity contribution is 0.269. The highest BCUT2D eigenvalue weighted by Gasteiger charge is 2.13. The topological polar surface area (TPSA) is 30.5 Å². The van der Waals surface area contributed by atoms with Gasteiger partial charge >= 0.3 is 0 Å². The van der Waals surface area contributed by atoms with E-state index >= 15 is 0 Å². The van der Waals surface area contributed by atoms with Crippen LogP contribution in [0.4, 0.5) is 5.69 Å². The first kappa shape index (κ1) is 22.1. The van der Waals surface area contributed by atoms with E-state index in [0.717, 1.165) is 21.3 Å². The molecule has 3 nitrogen and oxygen atoms in total. The fraction of sp³-hybridized carbons (Fsp3) is 0.182. The second-order valence-corrected chi connectivity index (χ2v) is 8.34. The summed E-state index contributed by atoms with van der Waals surface area (Å²) in [6.07, 6.45) is 0. The van der Waals surface area contributed by atoms with E-state index in [1.807, 2.05) is 61.5 Å². The molecule has 0 aliphatic rings. The molecule has 0 unspecified atom stereocenters. The van der Waals surface area contributed by atoms with Gasteiger partial charge in [-0.1, -0.05) is 46.9 Å². The van der Waals surface area contributed by atoms with Gasteiger partial charge in [-0.15, -0.1) is 0 Å². The van der Waals surface area contributed by atoms with Crippen LogP contribution in [-0.4, -0.2) is 6.61 Å². The lowest BCUT2D eigenvalue weighted by atomic mass is 10.2. The van der Waals surface area contributed by atoms with E-state index < -0.39 is 0 Å². The van der Waals surface area contributed by atoms with E-state index in [2.05, 4.69) is 21.2 Å². The molecule has 0 bridgehead atoms. The summed E-state index contributed by atoms with van der Waals surface area (Å²) in [5.41, 5.74) is 2.87. The molecule has 3 rings (SSSR count). The van der Waals surface area contributed by atoms with Gasteiger partial charge in [-0.3, -0.25) is 0 Å². The SMILES string of the molecule is CCOc1cc(CNc2ccc(Br)c(Cl)c2)cc(Cl)c1OCc1ccc(Cl)cc1. The molecule has 0 heterocycles. The predicted octanol–water partition coefficient (Wildman–Crippen LogP) is 8.00. The molecule has 0 aromatic heterocycles. The average Bonchev–Trinajstić information content (AvgIpc) is 2.70. The maximum absolute atomic E-state index is 6.51. The minimum absolute atomic E-state index is 0.367. The van der Waals surface area contributed by atoms with Crippen molar-refractivity contribution in [2.24, 2.45) is 0 Å². The van der Waals surface area contributed by atoms with Gasteiger partial charge in [-0.25, -0.2) is 0 Å². The highest BCUT2D eigenvalue weighted by molar-refractivity contribution is 9.10. The van der Waals surface area contributed by atoms with E-state index in [1.165, 1.54) is 0 Å². The molecule has 7 heteroatoms. The molecular weight excluding hydrogens is 497 g/mol. The van der Waals surface area contributed by atoms with Gasteiger partial charge in [0.25, 0.3) is 0 Å². The molecule has 29 heavy (non-hydrogen) atoms. The van der Waals surface area contributed by atoms with Gasteiger partial charge in [0.1, 0.15) is 6.61 Å². The van der Waals surface area contributed by atoms with Gasteiger partial charge in [-0.05, 0) is 76.4 Å². The van der Waals surface area contributed by atoms with Crippen LogP contribution in [0.15, 0.2) is 59.1 Å². The van der Waals surface area contributed by atoms with Gasteiger partial charge in [0.05, 0.1) is 16.7 Å². The molecule has 3 aromatic carbocycles. The smallest absolute Gasteiger partial charge is 0.180 e. The molecule has 3 aromatic rings. The second kappa shape index (κ2) is 10.4. The van der Waals surface area contributed by atoms with E-state index in [9.17, 15) is 0 Å². The molecule has 0 saturated heterocycles. The summed E-state index contributed by atoms with van der Waals surface area (Å²) in [6, 6.07) is 17.0. The van der Waals surface area contributed by atoms with Crippen molar-refractivity contribution in [1.82, 2.24) is 0 Å². The standard InChI is InChI=1S/C22H19BrCl3NO2/c1-2-28-21-10-15(12-27-17-7-8-18(23)19(25)11-17)9-20(26)22(21)29-13-14-3-5-16(24)6-4-14/h3-11,27H,2,12-13H2,1H3. The van der Waals surface area contributed by atoms with Gasteiger partial charge in [0, 0.05) is 21.7 Å². The summed E-state index contributed by atoms with van der Waals surface area (Å²) < 4.78 is 12.6. The summed E-state index contributed by atoms with van der Waals surface area (Å²) >= 11 is 22.0. The number of ether oxygens (including phenoxy) is 2. The van der Waals surface area contributed by atoms with Crippen molar-refractivity contribution in [3.8, 4) is 11.5 Å². The molecule has 0 amide bonds. The van der Waals surface area contributed by atoms with Crippen molar-refractivity contribution in [3.05, 3.63) is 85.3 Å². The van der Waals surface area contributed by atoms with Crippen molar-refractivity contribution in [3.63, 3.8) is 0 Å². The van der Waals surface area contributed by atoms with E-state index in [-0.39, 0.29) is 0 Å². The van der Waals surface area contributed by atoms with E-state index in [4.69, 9.17) is 44.3 Å². The lowest BCUT2D eigenvalue weighted by Crippen LogP contribution is -2.04. The van der Waals surface area contributed by atoms with Crippen molar-refractivity contribution in [2.75, 3.05) is 11.9 Å². The Hall–Kier alpha value is -1.59. The van der Waals surface area contributed by atoms with Crippen LogP contribution < -0.4 is 14.8 Å². The maximum atomic E-state index is 6.51. The fourth-order valence-corrected chi connectivity index (χ4v) is 3.51. The zero-order valence-electron chi connectivity index (χ0n) is 15.6. The van der Waals surface area contributed by atoms with Crippen LogP contribution in [0.3, 0.4) is 0 Å².